The first-order chi connectivity index (χ1) is 5.85. The van der Waals surface area contributed by atoms with E-state index in [-0.39, 0.29) is 0 Å². The van der Waals surface area contributed by atoms with Gasteiger partial charge >= 0.3 is 6.09 Å². The molecule has 0 spiro atoms. The minimum absolute atomic E-state index is 0.518. The molecule has 0 fully saturated rings. The molecule has 0 heterocycles. The predicted molar refractivity (Wildman–Crippen MR) is 50.3 cm³/mol. The Hall–Kier alpha value is -0.770. The second-order valence-electron chi connectivity index (χ2n) is 3.95. The molecule has 0 radical (unpaired) electrons. The molecule has 1 unspecified atom stereocenters. The maximum atomic E-state index is 11.1. The fourth-order valence-corrected chi connectivity index (χ4v) is 0.789. The molecule has 0 aromatic heterocycles. The van der Waals surface area contributed by atoms with Crippen LogP contribution >= 0.6 is 0 Å². The average Bonchev–Trinajstić information content (AvgIpc) is 1.81. The molecule has 13 heavy (non-hydrogen) atoms. The van der Waals surface area contributed by atoms with Crippen molar-refractivity contribution in [3.63, 3.8) is 0 Å². The fourth-order valence-electron chi connectivity index (χ4n) is 0.789. The van der Waals surface area contributed by atoms with Gasteiger partial charge in [0.05, 0.1) is 0 Å². The van der Waals surface area contributed by atoms with Gasteiger partial charge in [-0.3, -0.25) is 5.32 Å². The molecule has 0 bridgehead atoms. The minimum atomic E-state index is -0.806. The molecular formula is C9H19NO3. The Labute approximate surface area is 79.3 Å². The van der Waals surface area contributed by atoms with Gasteiger partial charge in [0.2, 0.25) is 0 Å². The molecule has 0 saturated carbocycles. The van der Waals surface area contributed by atoms with Crippen molar-refractivity contribution in [3.05, 3.63) is 0 Å². The molecule has 4 heteroatoms. The summed E-state index contributed by atoms with van der Waals surface area (Å²) >= 11 is 0. The van der Waals surface area contributed by atoms with Crippen LogP contribution < -0.4 is 5.32 Å². The maximum absolute atomic E-state index is 11.1. The molecule has 0 saturated heterocycles. The van der Waals surface area contributed by atoms with E-state index in [2.05, 4.69) is 5.32 Å². The molecule has 0 aromatic carbocycles. The maximum Gasteiger partial charge on any atom is 0.409 e. The summed E-state index contributed by atoms with van der Waals surface area (Å²) in [6.45, 7) is 7.26. The Morgan fingerprint density at radius 2 is 2.08 bits per heavy atom. The summed E-state index contributed by atoms with van der Waals surface area (Å²) in [4.78, 5) is 11.1. The molecule has 1 amide bonds. The number of carbonyl (C=O) groups excluding carboxylic acids is 1. The summed E-state index contributed by atoms with van der Waals surface area (Å²) in [7, 11) is 0. The van der Waals surface area contributed by atoms with Gasteiger partial charge in [0.15, 0.2) is 0 Å². The highest BCUT2D eigenvalue weighted by atomic mass is 16.6. The van der Waals surface area contributed by atoms with Crippen LogP contribution in [0.5, 0.6) is 0 Å². The Morgan fingerprint density at radius 3 is 2.46 bits per heavy atom. The number of hydrogen-bond donors (Lipinski definition) is 2. The minimum Gasteiger partial charge on any atom is -0.444 e. The van der Waals surface area contributed by atoms with Crippen LogP contribution in [0.3, 0.4) is 0 Å². The number of aliphatic hydroxyl groups is 1. The zero-order valence-electron chi connectivity index (χ0n) is 8.76. The Bertz CT molecular complexity index is 163. The summed E-state index contributed by atoms with van der Waals surface area (Å²) in [6.07, 6.45) is -0.0239. The number of carbonyl (C=O) groups is 1. The third kappa shape index (κ3) is 7.59. The topological polar surface area (TPSA) is 58.6 Å². The molecule has 0 aromatic rings. The lowest BCUT2D eigenvalue weighted by Crippen LogP contribution is -2.38. The van der Waals surface area contributed by atoms with Crippen molar-refractivity contribution < 1.29 is 14.6 Å². The largest absolute Gasteiger partial charge is 0.444 e. The molecule has 0 rings (SSSR count). The van der Waals surface area contributed by atoms with E-state index < -0.39 is 17.9 Å². The molecule has 0 aliphatic heterocycles. The monoisotopic (exact) mass is 189 g/mol. The van der Waals surface area contributed by atoms with Gasteiger partial charge in [0.1, 0.15) is 11.8 Å². The molecule has 1 atom stereocenters. The molecule has 2 N–H and O–H groups in total. The van der Waals surface area contributed by atoms with E-state index in [1.54, 1.807) is 20.8 Å². The standard InChI is InChI=1S/C9H19NO3/c1-5-6-7(11)10-8(12)13-9(2,3)4/h7,11H,5-6H2,1-4H3,(H,10,12). The van der Waals surface area contributed by atoms with Crippen LogP contribution in [0.4, 0.5) is 4.79 Å². The van der Waals surface area contributed by atoms with Crippen molar-refractivity contribution in [2.45, 2.75) is 52.4 Å². The van der Waals surface area contributed by atoms with E-state index in [0.717, 1.165) is 6.42 Å². The number of amides is 1. The second-order valence-corrected chi connectivity index (χ2v) is 3.95. The summed E-state index contributed by atoms with van der Waals surface area (Å²) in [6, 6.07) is 0. The number of hydrogen-bond acceptors (Lipinski definition) is 3. The van der Waals surface area contributed by atoms with Crippen LogP contribution in [0.2, 0.25) is 0 Å². The number of aliphatic hydroxyl groups excluding tert-OH is 1. The third-order valence-corrected chi connectivity index (χ3v) is 1.25. The SMILES string of the molecule is CCCC(O)NC(=O)OC(C)(C)C. The van der Waals surface area contributed by atoms with E-state index in [1.165, 1.54) is 0 Å². The summed E-state index contributed by atoms with van der Waals surface area (Å²) in [5.41, 5.74) is -0.518. The number of rotatable bonds is 3. The van der Waals surface area contributed by atoms with Crippen LogP contribution in [0.1, 0.15) is 40.5 Å². The average molecular weight is 189 g/mol. The van der Waals surface area contributed by atoms with Crippen molar-refractivity contribution in [1.29, 1.82) is 0 Å². The lowest BCUT2D eigenvalue weighted by molar-refractivity contribution is 0.0344. The lowest BCUT2D eigenvalue weighted by atomic mass is 10.2. The Balaban J connectivity index is 3.74. The number of nitrogens with one attached hydrogen (secondary N) is 1. The molecule has 4 nitrogen and oxygen atoms in total. The lowest BCUT2D eigenvalue weighted by Gasteiger charge is -2.21. The zero-order chi connectivity index (χ0) is 10.5. The van der Waals surface area contributed by atoms with Gasteiger partial charge in [-0.15, -0.1) is 0 Å². The highest BCUT2D eigenvalue weighted by molar-refractivity contribution is 5.67. The quantitative estimate of drug-likeness (QED) is 0.663. The zero-order valence-corrected chi connectivity index (χ0v) is 8.76. The van der Waals surface area contributed by atoms with E-state index >= 15 is 0 Å². The van der Waals surface area contributed by atoms with Gasteiger partial charge in [-0.1, -0.05) is 13.3 Å². The van der Waals surface area contributed by atoms with Crippen molar-refractivity contribution in [2.24, 2.45) is 0 Å². The molecular weight excluding hydrogens is 170 g/mol. The smallest absolute Gasteiger partial charge is 0.409 e. The first-order valence-corrected chi connectivity index (χ1v) is 4.52. The fraction of sp³-hybridized carbons (Fsp3) is 0.889. The highest BCUT2D eigenvalue weighted by Gasteiger charge is 2.17. The van der Waals surface area contributed by atoms with E-state index in [1.807, 2.05) is 6.92 Å². The summed E-state index contributed by atoms with van der Waals surface area (Å²) in [5.74, 6) is 0. The predicted octanol–water partition coefficient (Wildman–Crippen LogP) is 1.63. The van der Waals surface area contributed by atoms with Gasteiger partial charge in [0, 0.05) is 0 Å². The van der Waals surface area contributed by atoms with Crippen LogP contribution in [-0.4, -0.2) is 23.0 Å². The van der Waals surface area contributed by atoms with Crippen LogP contribution in [0, 0.1) is 0 Å². The Morgan fingerprint density at radius 1 is 1.54 bits per heavy atom. The van der Waals surface area contributed by atoms with Crippen LogP contribution in [-0.2, 0) is 4.74 Å². The highest BCUT2D eigenvalue weighted by Crippen LogP contribution is 2.06. The van der Waals surface area contributed by atoms with Crippen molar-refractivity contribution in [1.82, 2.24) is 5.32 Å². The van der Waals surface area contributed by atoms with Crippen LogP contribution in [0.25, 0.3) is 0 Å². The van der Waals surface area contributed by atoms with Gasteiger partial charge in [-0.05, 0) is 27.2 Å². The van der Waals surface area contributed by atoms with Gasteiger partial charge in [-0.25, -0.2) is 4.79 Å². The van der Waals surface area contributed by atoms with Gasteiger partial charge in [0.25, 0.3) is 0 Å². The van der Waals surface area contributed by atoms with E-state index in [0.29, 0.717) is 6.42 Å². The second kappa shape index (κ2) is 5.07. The van der Waals surface area contributed by atoms with Crippen LogP contribution in [0.15, 0.2) is 0 Å². The first-order valence-electron chi connectivity index (χ1n) is 4.52. The first kappa shape index (κ1) is 12.2. The van der Waals surface area contributed by atoms with Gasteiger partial charge in [-0.2, -0.15) is 0 Å². The van der Waals surface area contributed by atoms with Crippen molar-refractivity contribution >= 4 is 6.09 Å². The molecule has 0 aliphatic rings. The van der Waals surface area contributed by atoms with E-state index in [4.69, 9.17) is 4.74 Å². The number of ether oxygens (including phenoxy) is 1. The van der Waals surface area contributed by atoms with Gasteiger partial charge < -0.3 is 9.84 Å². The van der Waals surface area contributed by atoms with Crippen molar-refractivity contribution in [3.8, 4) is 0 Å². The van der Waals surface area contributed by atoms with Crippen molar-refractivity contribution in [2.75, 3.05) is 0 Å². The van der Waals surface area contributed by atoms with E-state index in [9.17, 15) is 9.90 Å². The Kier molecular flexibility index (Phi) is 4.77. The number of alkyl carbamates (subject to hydrolysis) is 1. The summed E-state index contributed by atoms with van der Waals surface area (Å²) < 4.78 is 4.94. The normalized spacial score (nSPS) is 13.6. The summed E-state index contributed by atoms with van der Waals surface area (Å²) in [5, 5.41) is 11.5. The molecule has 78 valence electrons. The molecule has 0 aliphatic carbocycles. The third-order valence-electron chi connectivity index (χ3n) is 1.25.